The lowest BCUT2D eigenvalue weighted by molar-refractivity contribution is -0.136. The van der Waals surface area contributed by atoms with Gasteiger partial charge in [-0.1, -0.05) is 0 Å². The van der Waals surface area contributed by atoms with Gasteiger partial charge in [0.2, 0.25) is 5.56 Å². The molecule has 0 aliphatic carbocycles. The standard InChI is InChI=1S/C16H16ClF3N2O/c1-9-2-3-11(8-17)22(9)10-4-5-14-12(6-10)13(16(18,19)20)7-15(23)21-14/h4-7,9,11H,2-3,8H2,1H3,(H,21,23). The van der Waals surface area contributed by atoms with Crippen LogP contribution < -0.4 is 10.5 Å². The Bertz CT molecular complexity index is 787. The number of fused-ring (bicyclic) bond motifs is 1. The lowest BCUT2D eigenvalue weighted by atomic mass is 10.1. The van der Waals surface area contributed by atoms with Gasteiger partial charge in [-0.25, -0.2) is 0 Å². The van der Waals surface area contributed by atoms with Crippen molar-refractivity contribution in [2.45, 2.75) is 38.0 Å². The largest absolute Gasteiger partial charge is 0.417 e. The summed E-state index contributed by atoms with van der Waals surface area (Å²) >= 11 is 5.99. The van der Waals surface area contributed by atoms with E-state index in [-0.39, 0.29) is 23.0 Å². The summed E-state index contributed by atoms with van der Waals surface area (Å²) in [6.45, 7) is 2.04. The van der Waals surface area contributed by atoms with Crippen LogP contribution in [0.15, 0.2) is 29.1 Å². The van der Waals surface area contributed by atoms with E-state index in [0.29, 0.717) is 17.6 Å². The molecule has 0 saturated carbocycles. The van der Waals surface area contributed by atoms with Crippen LogP contribution in [0.2, 0.25) is 0 Å². The molecule has 124 valence electrons. The molecule has 2 atom stereocenters. The number of anilines is 1. The van der Waals surface area contributed by atoms with Crippen LogP contribution in [0.3, 0.4) is 0 Å². The third kappa shape index (κ3) is 2.92. The van der Waals surface area contributed by atoms with E-state index in [2.05, 4.69) is 9.88 Å². The highest BCUT2D eigenvalue weighted by atomic mass is 35.5. The first-order valence-corrected chi connectivity index (χ1v) is 7.93. The van der Waals surface area contributed by atoms with E-state index in [0.717, 1.165) is 12.8 Å². The second-order valence-corrected chi connectivity index (χ2v) is 6.23. The number of alkyl halides is 4. The predicted octanol–water partition coefficient (Wildman–Crippen LogP) is 4.14. The van der Waals surface area contributed by atoms with Crippen molar-refractivity contribution in [2.75, 3.05) is 10.8 Å². The molecule has 1 aliphatic rings. The number of hydrogen-bond acceptors (Lipinski definition) is 2. The Labute approximate surface area is 136 Å². The van der Waals surface area contributed by atoms with Crippen LogP contribution in [0.5, 0.6) is 0 Å². The van der Waals surface area contributed by atoms with Crippen LogP contribution in [0.1, 0.15) is 25.3 Å². The van der Waals surface area contributed by atoms with E-state index < -0.39 is 17.3 Å². The van der Waals surface area contributed by atoms with E-state index >= 15 is 0 Å². The number of aromatic amines is 1. The van der Waals surface area contributed by atoms with Crippen molar-refractivity contribution >= 4 is 28.2 Å². The van der Waals surface area contributed by atoms with Gasteiger partial charge in [0.25, 0.3) is 0 Å². The minimum Gasteiger partial charge on any atom is -0.365 e. The molecule has 1 aliphatic heterocycles. The van der Waals surface area contributed by atoms with E-state index in [1.165, 1.54) is 12.1 Å². The SMILES string of the molecule is CC1CCC(CCl)N1c1ccc2[nH]c(=O)cc(C(F)(F)F)c2c1. The van der Waals surface area contributed by atoms with Gasteiger partial charge in [0.15, 0.2) is 0 Å². The fraction of sp³-hybridized carbons (Fsp3) is 0.438. The zero-order valence-electron chi connectivity index (χ0n) is 12.5. The molecule has 0 amide bonds. The molecular weight excluding hydrogens is 329 g/mol. The van der Waals surface area contributed by atoms with Gasteiger partial charge in [-0.05, 0) is 38.0 Å². The van der Waals surface area contributed by atoms with Crippen molar-refractivity contribution in [3.63, 3.8) is 0 Å². The number of halogens is 4. The summed E-state index contributed by atoms with van der Waals surface area (Å²) in [5.74, 6) is 0.431. The van der Waals surface area contributed by atoms with Gasteiger partial charge in [-0.2, -0.15) is 13.2 Å². The fourth-order valence-corrected chi connectivity index (χ4v) is 3.63. The normalized spacial score (nSPS) is 22.0. The Morgan fingerprint density at radius 3 is 2.70 bits per heavy atom. The van der Waals surface area contributed by atoms with Gasteiger partial charge < -0.3 is 9.88 Å². The number of hydrogen-bond donors (Lipinski definition) is 1. The van der Waals surface area contributed by atoms with Gasteiger partial charge in [0.05, 0.1) is 5.56 Å². The van der Waals surface area contributed by atoms with Crippen LogP contribution >= 0.6 is 11.6 Å². The summed E-state index contributed by atoms with van der Waals surface area (Å²) in [4.78, 5) is 16.0. The molecule has 2 aromatic rings. The molecule has 0 spiro atoms. The Morgan fingerprint density at radius 1 is 1.30 bits per heavy atom. The smallest absolute Gasteiger partial charge is 0.365 e. The van der Waals surface area contributed by atoms with Crippen molar-refractivity contribution in [3.05, 3.63) is 40.2 Å². The highest BCUT2D eigenvalue weighted by molar-refractivity contribution is 6.18. The van der Waals surface area contributed by atoms with Crippen molar-refractivity contribution in [2.24, 2.45) is 0 Å². The summed E-state index contributed by atoms with van der Waals surface area (Å²) in [6, 6.07) is 5.69. The van der Waals surface area contributed by atoms with E-state index in [4.69, 9.17) is 11.6 Å². The number of H-pyrrole nitrogens is 1. The molecular formula is C16H16ClF3N2O. The predicted molar refractivity (Wildman–Crippen MR) is 85.3 cm³/mol. The molecule has 0 bridgehead atoms. The summed E-state index contributed by atoms with van der Waals surface area (Å²) in [5.41, 5.74) is -0.785. The van der Waals surface area contributed by atoms with Crippen molar-refractivity contribution in [1.29, 1.82) is 0 Å². The summed E-state index contributed by atoms with van der Waals surface area (Å²) < 4.78 is 39.7. The molecule has 2 unspecified atom stereocenters. The van der Waals surface area contributed by atoms with Crippen LogP contribution in [0.4, 0.5) is 18.9 Å². The van der Waals surface area contributed by atoms with E-state index in [1.54, 1.807) is 6.07 Å². The minimum atomic E-state index is -4.58. The van der Waals surface area contributed by atoms with E-state index in [9.17, 15) is 18.0 Å². The number of pyridine rings is 1. The summed E-state index contributed by atoms with van der Waals surface area (Å²) in [6.07, 6.45) is -2.71. The first-order valence-electron chi connectivity index (χ1n) is 7.40. The Balaban J connectivity index is 2.18. The second-order valence-electron chi connectivity index (χ2n) is 5.92. The summed E-state index contributed by atoms with van der Waals surface area (Å²) in [7, 11) is 0. The number of rotatable bonds is 2. The average Bonchev–Trinajstić information content (AvgIpc) is 2.86. The first-order chi connectivity index (χ1) is 10.8. The molecule has 7 heteroatoms. The van der Waals surface area contributed by atoms with Crippen LogP contribution in [0, 0.1) is 0 Å². The molecule has 1 N–H and O–H groups in total. The first kappa shape index (κ1) is 16.2. The van der Waals surface area contributed by atoms with Gasteiger partial charge in [-0.3, -0.25) is 4.79 Å². The van der Waals surface area contributed by atoms with Gasteiger partial charge in [-0.15, -0.1) is 11.6 Å². The van der Waals surface area contributed by atoms with Crippen LogP contribution in [-0.2, 0) is 6.18 Å². The Hall–Kier alpha value is -1.69. The molecule has 1 aromatic carbocycles. The second kappa shape index (κ2) is 5.74. The van der Waals surface area contributed by atoms with Crippen LogP contribution in [0.25, 0.3) is 10.9 Å². The maximum atomic E-state index is 13.2. The maximum absolute atomic E-state index is 13.2. The quantitative estimate of drug-likeness (QED) is 0.831. The topological polar surface area (TPSA) is 36.1 Å². The molecule has 3 rings (SSSR count). The third-order valence-corrected chi connectivity index (χ3v) is 4.75. The summed E-state index contributed by atoms with van der Waals surface area (Å²) in [5, 5.41) is 0.00187. The molecule has 3 nitrogen and oxygen atoms in total. The molecule has 0 radical (unpaired) electrons. The number of aromatic nitrogens is 1. The highest BCUT2D eigenvalue weighted by Gasteiger charge is 2.34. The monoisotopic (exact) mass is 344 g/mol. The highest BCUT2D eigenvalue weighted by Crippen LogP contribution is 2.37. The van der Waals surface area contributed by atoms with Crippen molar-refractivity contribution in [1.82, 2.24) is 4.98 Å². The number of benzene rings is 1. The molecule has 1 saturated heterocycles. The zero-order chi connectivity index (χ0) is 16.8. The number of nitrogens with zero attached hydrogens (tertiary/aromatic N) is 1. The maximum Gasteiger partial charge on any atom is 0.417 e. The molecule has 1 aromatic heterocycles. The Morgan fingerprint density at radius 2 is 2.04 bits per heavy atom. The van der Waals surface area contributed by atoms with Crippen molar-refractivity contribution < 1.29 is 13.2 Å². The van der Waals surface area contributed by atoms with E-state index in [1.807, 2.05) is 6.92 Å². The lowest BCUT2D eigenvalue weighted by Gasteiger charge is -2.30. The molecule has 1 fully saturated rings. The molecule has 2 heterocycles. The molecule has 23 heavy (non-hydrogen) atoms. The van der Waals surface area contributed by atoms with Crippen molar-refractivity contribution in [3.8, 4) is 0 Å². The Kier molecular flexibility index (Phi) is 4.04. The van der Waals surface area contributed by atoms with Gasteiger partial charge in [0, 0.05) is 40.6 Å². The minimum absolute atomic E-state index is 0.00187. The van der Waals surface area contributed by atoms with Gasteiger partial charge >= 0.3 is 6.18 Å². The van der Waals surface area contributed by atoms with Gasteiger partial charge in [0.1, 0.15) is 0 Å². The lowest BCUT2D eigenvalue weighted by Crippen LogP contribution is -2.35. The number of nitrogens with one attached hydrogen (secondary N) is 1. The average molecular weight is 345 g/mol. The van der Waals surface area contributed by atoms with Crippen LogP contribution in [-0.4, -0.2) is 22.9 Å². The fourth-order valence-electron chi connectivity index (χ4n) is 3.33. The third-order valence-electron chi connectivity index (χ3n) is 4.39. The zero-order valence-corrected chi connectivity index (χ0v) is 13.2.